The van der Waals surface area contributed by atoms with Gasteiger partial charge in [-0.3, -0.25) is 4.79 Å². The number of hydrogen-bond acceptors (Lipinski definition) is 4. The standard InChI is InChI=1S/C16H17NO6/c18-13(19)11-10-6-7-16(12(10)11,14(20)21)17-15(22)23-8-9-4-2-1-3-5-9/h1-5,10-12H,6-8H2,(H,17,22)(H,18,19)(H,20,21). The Hall–Kier alpha value is -2.57. The van der Waals surface area contributed by atoms with Crippen molar-refractivity contribution in [1.29, 1.82) is 0 Å². The highest BCUT2D eigenvalue weighted by Crippen LogP contribution is 2.62. The molecule has 2 aliphatic carbocycles. The van der Waals surface area contributed by atoms with E-state index in [0.29, 0.717) is 6.42 Å². The van der Waals surface area contributed by atoms with E-state index in [-0.39, 0.29) is 18.9 Å². The smallest absolute Gasteiger partial charge is 0.408 e. The molecule has 0 radical (unpaired) electrons. The number of carboxylic acid groups (broad SMARTS) is 2. The highest BCUT2D eigenvalue weighted by molar-refractivity contribution is 5.89. The van der Waals surface area contributed by atoms with Crippen LogP contribution in [0.1, 0.15) is 18.4 Å². The summed E-state index contributed by atoms with van der Waals surface area (Å²) in [5.41, 5.74) is -0.757. The van der Waals surface area contributed by atoms with Crippen LogP contribution in [0, 0.1) is 17.8 Å². The van der Waals surface area contributed by atoms with Crippen molar-refractivity contribution in [1.82, 2.24) is 5.32 Å². The topological polar surface area (TPSA) is 113 Å². The van der Waals surface area contributed by atoms with Crippen LogP contribution in [0.2, 0.25) is 0 Å². The van der Waals surface area contributed by atoms with Gasteiger partial charge >= 0.3 is 18.0 Å². The third-order valence-electron chi connectivity index (χ3n) is 4.81. The minimum absolute atomic E-state index is 0.0266. The molecule has 7 nitrogen and oxygen atoms in total. The van der Waals surface area contributed by atoms with Gasteiger partial charge in [0.15, 0.2) is 0 Å². The average molecular weight is 319 g/mol. The number of amides is 1. The van der Waals surface area contributed by atoms with Crippen LogP contribution in [0.5, 0.6) is 0 Å². The van der Waals surface area contributed by atoms with Crippen molar-refractivity contribution in [3.8, 4) is 0 Å². The maximum absolute atomic E-state index is 12.0. The number of carboxylic acids is 2. The number of fused-ring (bicyclic) bond motifs is 1. The predicted molar refractivity (Wildman–Crippen MR) is 77.5 cm³/mol. The third-order valence-corrected chi connectivity index (χ3v) is 4.81. The highest BCUT2D eigenvalue weighted by Gasteiger charge is 2.72. The number of carbonyl (C=O) groups excluding carboxylic acids is 1. The molecule has 7 heteroatoms. The van der Waals surface area contributed by atoms with E-state index in [1.165, 1.54) is 0 Å². The van der Waals surface area contributed by atoms with Gasteiger partial charge in [-0.15, -0.1) is 0 Å². The van der Waals surface area contributed by atoms with Crippen molar-refractivity contribution >= 4 is 18.0 Å². The molecule has 1 aromatic rings. The van der Waals surface area contributed by atoms with E-state index in [1.54, 1.807) is 24.3 Å². The van der Waals surface area contributed by atoms with Crippen LogP contribution in [0.3, 0.4) is 0 Å². The fourth-order valence-electron chi connectivity index (χ4n) is 3.69. The minimum atomic E-state index is -1.54. The normalized spacial score (nSPS) is 31.0. The predicted octanol–water partition coefficient (Wildman–Crippen LogP) is 1.48. The zero-order valence-electron chi connectivity index (χ0n) is 12.3. The van der Waals surface area contributed by atoms with E-state index in [9.17, 15) is 19.5 Å². The van der Waals surface area contributed by atoms with Crippen molar-refractivity contribution in [3.05, 3.63) is 35.9 Å². The van der Waals surface area contributed by atoms with Crippen LogP contribution in [0.25, 0.3) is 0 Å². The summed E-state index contributed by atoms with van der Waals surface area (Å²) in [6, 6.07) is 9.01. The monoisotopic (exact) mass is 319 g/mol. The number of rotatable bonds is 5. The van der Waals surface area contributed by atoms with Crippen molar-refractivity contribution in [3.63, 3.8) is 0 Å². The van der Waals surface area contributed by atoms with Crippen LogP contribution >= 0.6 is 0 Å². The van der Waals surface area contributed by atoms with Gasteiger partial charge in [-0.25, -0.2) is 9.59 Å². The second-order valence-electron chi connectivity index (χ2n) is 6.06. The molecule has 1 amide bonds. The first kappa shape index (κ1) is 15.3. The first-order valence-electron chi connectivity index (χ1n) is 7.41. The molecular formula is C16H17NO6. The fraction of sp³-hybridized carbons (Fsp3) is 0.438. The maximum Gasteiger partial charge on any atom is 0.408 e. The SMILES string of the molecule is O=C(NC1(C(=O)O)CCC2C(C(=O)O)C21)OCc1ccccc1. The Labute approximate surface area is 132 Å². The first-order valence-corrected chi connectivity index (χ1v) is 7.41. The van der Waals surface area contributed by atoms with Gasteiger partial charge < -0.3 is 20.3 Å². The lowest BCUT2D eigenvalue weighted by atomic mass is 9.90. The zero-order chi connectivity index (χ0) is 16.6. The van der Waals surface area contributed by atoms with Crippen molar-refractivity contribution < 1.29 is 29.3 Å². The maximum atomic E-state index is 12.0. The van der Waals surface area contributed by atoms with Crippen LogP contribution in [-0.2, 0) is 20.9 Å². The molecule has 23 heavy (non-hydrogen) atoms. The van der Waals surface area contributed by atoms with Crippen molar-refractivity contribution in [2.24, 2.45) is 17.8 Å². The average Bonchev–Trinajstić information content (AvgIpc) is 3.15. The molecular weight excluding hydrogens is 302 g/mol. The number of nitrogens with one attached hydrogen (secondary N) is 1. The van der Waals surface area contributed by atoms with E-state index >= 15 is 0 Å². The molecule has 2 aliphatic rings. The van der Waals surface area contributed by atoms with Gasteiger partial charge in [0.25, 0.3) is 0 Å². The molecule has 0 heterocycles. The molecule has 4 atom stereocenters. The molecule has 3 rings (SSSR count). The number of ether oxygens (including phenoxy) is 1. The lowest BCUT2D eigenvalue weighted by molar-refractivity contribution is -0.146. The number of benzene rings is 1. The number of aliphatic carboxylic acids is 2. The Morgan fingerprint density at radius 2 is 1.91 bits per heavy atom. The molecule has 0 bridgehead atoms. The van der Waals surface area contributed by atoms with E-state index < -0.39 is 35.4 Å². The lowest BCUT2D eigenvalue weighted by Gasteiger charge is -2.27. The molecule has 2 saturated carbocycles. The van der Waals surface area contributed by atoms with Gasteiger partial charge in [0.2, 0.25) is 0 Å². The Kier molecular flexibility index (Phi) is 3.71. The second kappa shape index (κ2) is 5.57. The van der Waals surface area contributed by atoms with Crippen LogP contribution in [-0.4, -0.2) is 33.8 Å². The number of hydrogen-bond donors (Lipinski definition) is 3. The van der Waals surface area contributed by atoms with Crippen molar-refractivity contribution in [2.45, 2.75) is 25.0 Å². The Morgan fingerprint density at radius 3 is 2.48 bits per heavy atom. The Morgan fingerprint density at radius 1 is 1.22 bits per heavy atom. The van der Waals surface area contributed by atoms with Gasteiger partial charge in [-0.05, 0) is 24.3 Å². The molecule has 4 unspecified atom stereocenters. The molecule has 0 spiro atoms. The zero-order valence-corrected chi connectivity index (χ0v) is 12.3. The van der Waals surface area contributed by atoms with E-state index in [4.69, 9.17) is 9.84 Å². The summed E-state index contributed by atoms with van der Waals surface area (Å²) in [4.78, 5) is 34.8. The second-order valence-corrected chi connectivity index (χ2v) is 6.06. The number of carbonyl (C=O) groups is 3. The molecule has 1 aromatic carbocycles. The first-order chi connectivity index (χ1) is 11.0. The summed E-state index contributed by atoms with van der Waals surface area (Å²) < 4.78 is 5.07. The molecule has 0 aromatic heterocycles. The summed E-state index contributed by atoms with van der Waals surface area (Å²) in [5.74, 6) is -3.66. The van der Waals surface area contributed by atoms with Gasteiger partial charge in [-0.2, -0.15) is 0 Å². The molecule has 3 N–H and O–H groups in total. The van der Waals surface area contributed by atoms with Crippen LogP contribution in [0.15, 0.2) is 30.3 Å². The molecule has 2 fully saturated rings. The van der Waals surface area contributed by atoms with Crippen LogP contribution < -0.4 is 5.32 Å². The molecule has 0 aliphatic heterocycles. The van der Waals surface area contributed by atoms with Gasteiger partial charge in [0.05, 0.1) is 5.92 Å². The Balaban J connectivity index is 1.65. The van der Waals surface area contributed by atoms with Gasteiger partial charge in [-0.1, -0.05) is 30.3 Å². The Bertz CT molecular complexity index is 645. The van der Waals surface area contributed by atoms with E-state index in [1.807, 2.05) is 6.07 Å². The minimum Gasteiger partial charge on any atom is -0.481 e. The summed E-state index contributed by atoms with van der Waals surface area (Å²) >= 11 is 0. The fourth-order valence-corrected chi connectivity index (χ4v) is 3.69. The summed E-state index contributed by atoms with van der Waals surface area (Å²) in [6.07, 6.45) is -0.137. The van der Waals surface area contributed by atoms with E-state index in [2.05, 4.69) is 5.32 Å². The molecule has 0 saturated heterocycles. The number of alkyl carbamates (subject to hydrolysis) is 1. The third kappa shape index (κ3) is 2.62. The van der Waals surface area contributed by atoms with Crippen LogP contribution in [0.4, 0.5) is 4.79 Å². The largest absolute Gasteiger partial charge is 0.481 e. The van der Waals surface area contributed by atoms with E-state index in [0.717, 1.165) is 5.56 Å². The quantitative estimate of drug-likeness (QED) is 0.757. The summed E-state index contributed by atoms with van der Waals surface area (Å²) in [5, 5.41) is 21.1. The van der Waals surface area contributed by atoms with Gasteiger partial charge in [0.1, 0.15) is 12.1 Å². The lowest BCUT2D eigenvalue weighted by Crippen LogP contribution is -2.56. The summed E-state index contributed by atoms with van der Waals surface area (Å²) in [6.45, 7) is 0.0266. The highest BCUT2D eigenvalue weighted by atomic mass is 16.5. The molecule has 122 valence electrons. The summed E-state index contributed by atoms with van der Waals surface area (Å²) in [7, 11) is 0. The van der Waals surface area contributed by atoms with Crippen molar-refractivity contribution in [2.75, 3.05) is 0 Å². The van der Waals surface area contributed by atoms with Gasteiger partial charge in [0, 0.05) is 5.92 Å².